The van der Waals surface area contributed by atoms with Gasteiger partial charge < -0.3 is 10.3 Å². The summed E-state index contributed by atoms with van der Waals surface area (Å²) in [5, 5.41) is 0. The standard InChI is InChI=1S/C13H20N4O/c1-2-3-9-17(10-6-7-10)13(18)11-5-4-8-15-12(11)16-14/h4-5,8,10H,2-3,6-7,9,14H2,1H3,(H,15,16). The maximum atomic E-state index is 12.5. The lowest BCUT2D eigenvalue weighted by molar-refractivity contribution is 0.0741. The van der Waals surface area contributed by atoms with E-state index in [1.165, 1.54) is 0 Å². The van der Waals surface area contributed by atoms with E-state index >= 15 is 0 Å². The Morgan fingerprint density at radius 1 is 1.61 bits per heavy atom. The average Bonchev–Trinajstić information content (AvgIpc) is 3.23. The summed E-state index contributed by atoms with van der Waals surface area (Å²) in [6.45, 7) is 2.95. The van der Waals surface area contributed by atoms with Crippen molar-refractivity contribution in [1.29, 1.82) is 0 Å². The molecule has 1 fully saturated rings. The first-order valence-electron chi connectivity index (χ1n) is 6.50. The fourth-order valence-electron chi connectivity index (χ4n) is 2.01. The fraction of sp³-hybridized carbons (Fsp3) is 0.538. The predicted octanol–water partition coefficient (Wildman–Crippen LogP) is 1.77. The van der Waals surface area contributed by atoms with E-state index < -0.39 is 0 Å². The third-order valence-electron chi connectivity index (χ3n) is 3.18. The van der Waals surface area contributed by atoms with Gasteiger partial charge in [0.1, 0.15) is 0 Å². The van der Waals surface area contributed by atoms with Crippen LogP contribution in [0.1, 0.15) is 43.0 Å². The largest absolute Gasteiger partial charge is 0.336 e. The SMILES string of the molecule is CCCCN(C(=O)c1cccnc1NN)C1CC1. The molecule has 1 saturated carbocycles. The van der Waals surface area contributed by atoms with E-state index in [2.05, 4.69) is 17.3 Å². The highest BCUT2D eigenvalue weighted by molar-refractivity contribution is 5.99. The number of nitrogens with two attached hydrogens (primary N) is 1. The first kappa shape index (κ1) is 12.8. The molecule has 0 radical (unpaired) electrons. The highest BCUT2D eigenvalue weighted by Gasteiger charge is 2.33. The van der Waals surface area contributed by atoms with Gasteiger partial charge in [0, 0.05) is 18.8 Å². The Morgan fingerprint density at radius 3 is 3.00 bits per heavy atom. The molecule has 1 amide bonds. The van der Waals surface area contributed by atoms with Crippen LogP contribution < -0.4 is 11.3 Å². The molecule has 3 N–H and O–H groups in total. The lowest BCUT2D eigenvalue weighted by atomic mass is 10.2. The van der Waals surface area contributed by atoms with Crippen molar-refractivity contribution in [3.8, 4) is 0 Å². The van der Waals surface area contributed by atoms with Crippen LogP contribution in [0, 0.1) is 0 Å². The van der Waals surface area contributed by atoms with Gasteiger partial charge in [-0.3, -0.25) is 4.79 Å². The number of nitrogens with zero attached hydrogens (tertiary/aromatic N) is 2. The van der Waals surface area contributed by atoms with Crippen molar-refractivity contribution in [1.82, 2.24) is 9.88 Å². The number of unbranched alkanes of at least 4 members (excludes halogenated alkanes) is 1. The minimum atomic E-state index is 0.0343. The summed E-state index contributed by atoms with van der Waals surface area (Å²) >= 11 is 0. The van der Waals surface area contributed by atoms with E-state index in [0.717, 1.165) is 32.2 Å². The smallest absolute Gasteiger partial charge is 0.257 e. The third-order valence-corrected chi connectivity index (χ3v) is 3.18. The molecule has 5 nitrogen and oxygen atoms in total. The molecule has 5 heteroatoms. The van der Waals surface area contributed by atoms with E-state index in [1.807, 2.05) is 4.90 Å². The zero-order valence-corrected chi connectivity index (χ0v) is 10.7. The average molecular weight is 248 g/mol. The van der Waals surface area contributed by atoms with Gasteiger partial charge in [-0.05, 0) is 31.4 Å². The van der Waals surface area contributed by atoms with Crippen LogP contribution in [0.25, 0.3) is 0 Å². The summed E-state index contributed by atoms with van der Waals surface area (Å²) in [6, 6.07) is 3.94. The molecular weight excluding hydrogens is 228 g/mol. The molecule has 2 rings (SSSR count). The van der Waals surface area contributed by atoms with Gasteiger partial charge in [-0.2, -0.15) is 0 Å². The minimum Gasteiger partial charge on any atom is -0.336 e. The molecule has 1 aliphatic rings. The molecule has 18 heavy (non-hydrogen) atoms. The second kappa shape index (κ2) is 5.82. The maximum absolute atomic E-state index is 12.5. The number of hydrogen-bond acceptors (Lipinski definition) is 4. The number of carbonyl (C=O) groups is 1. The molecule has 0 saturated heterocycles. The Balaban J connectivity index is 2.16. The fourth-order valence-corrected chi connectivity index (χ4v) is 2.01. The number of hydrazine groups is 1. The second-order valence-electron chi connectivity index (χ2n) is 4.63. The highest BCUT2D eigenvalue weighted by Crippen LogP contribution is 2.29. The Kier molecular flexibility index (Phi) is 4.15. The van der Waals surface area contributed by atoms with Crippen molar-refractivity contribution >= 4 is 11.7 Å². The van der Waals surface area contributed by atoms with Crippen LogP contribution in [-0.4, -0.2) is 28.4 Å². The Labute approximate surface area is 107 Å². The second-order valence-corrected chi connectivity index (χ2v) is 4.63. The first-order valence-corrected chi connectivity index (χ1v) is 6.50. The number of anilines is 1. The van der Waals surface area contributed by atoms with Crippen LogP contribution in [0.5, 0.6) is 0 Å². The molecule has 0 aromatic carbocycles. The maximum Gasteiger partial charge on any atom is 0.257 e. The van der Waals surface area contributed by atoms with Crippen LogP contribution >= 0.6 is 0 Å². The molecule has 0 unspecified atom stereocenters. The van der Waals surface area contributed by atoms with Crippen LogP contribution in [0.4, 0.5) is 5.82 Å². The number of carbonyl (C=O) groups excluding carboxylic acids is 1. The van der Waals surface area contributed by atoms with E-state index in [-0.39, 0.29) is 5.91 Å². The summed E-state index contributed by atoms with van der Waals surface area (Å²) in [6.07, 6.45) is 5.97. The summed E-state index contributed by atoms with van der Waals surface area (Å²) in [4.78, 5) is 18.5. The number of hydrogen-bond donors (Lipinski definition) is 2. The van der Waals surface area contributed by atoms with Crippen LogP contribution in [0.2, 0.25) is 0 Å². The molecule has 1 aromatic rings. The van der Waals surface area contributed by atoms with Gasteiger partial charge in [0.2, 0.25) is 0 Å². The molecular formula is C13H20N4O. The van der Waals surface area contributed by atoms with Crippen molar-refractivity contribution in [2.24, 2.45) is 5.84 Å². The monoisotopic (exact) mass is 248 g/mol. The van der Waals surface area contributed by atoms with Crippen molar-refractivity contribution < 1.29 is 4.79 Å². The van der Waals surface area contributed by atoms with E-state index in [1.54, 1.807) is 18.3 Å². The van der Waals surface area contributed by atoms with E-state index in [9.17, 15) is 4.79 Å². The molecule has 0 aliphatic heterocycles. The molecule has 0 spiro atoms. The van der Waals surface area contributed by atoms with E-state index in [4.69, 9.17) is 5.84 Å². The molecule has 0 bridgehead atoms. The van der Waals surface area contributed by atoms with Crippen LogP contribution in [0.3, 0.4) is 0 Å². The summed E-state index contributed by atoms with van der Waals surface area (Å²) in [7, 11) is 0. The lowest BCUT2D eigenvalue weighted by Gasteiger charge is -2.23. The topological polar surface area (TPSA) is 71.2 Å². The number of rotatable bonds is 6. The number of amides is 1. The first-order chi connectivity index (χ1) is 8.77. The number of aromatic nitrogens is 1. The van der Waals surface area contributed by atoms with Gasteiger partial charge >= 0.3 is 0 Å². The third kappa shape index (κ3) is 2.79. The lowest BCUT2D eigenvalue weighted by Crippen LogP contribution is -2.34. The predicted molar refractivity (Wildman–Crippen MR) is 71.0 cm³/mol. The molecule has 98 valence electrons. The summed E-state index contributed by atoms with van der Waals surface area (Å²) < 4.78 is 0. The molecule has 0 atom stereocenters. The Bertz CT molecular complexity index is 417. The van der Waals surface area contributed by atoms with Gasteiger partial charge in [-0.25, -0.2) is 10.8 Å². The molecule has 1 aliphatic carbocycles. The summed E-state index contributed by atoms with van der Waals surface area (Å²) in [5.41, 5.74) is 3.05. The van der Waals surface area contributed by atoms with Crippen molar-refractivity contribution in [2.75, 3.05) is 12.0 Å². The zero-order valence-electron chi connectivity index (χ0n) is 10.7. The molecule has 1 heterocycles. The van der Waals surface area contributed by atoms with Crippen LogP contribution in [0.15, 0.2) is 18.3 Å². The normalized spacial score (nSPS) is 14.3. The van der Waals surface area contributed by atoms with Crippen LogP contribution in [-0.2, 0) is 0 Å². The summed E-state index contributed by atoms with van der Waals surface area (Å²) in [5.74, 6) is 5.88. The Morgan fingerprint density at radius 2 is 2.39 bits per heavy atom. The Hall–Kier alpha value is -1.62. The highest BCUT2D eigenvalue weighted by atomic mass is 16.2. The van der Waals surface area contributed by atoms with Crippen molar-refractivity contribution in [3.05, 3.63) is 23.9 Å². The molecule has 1 aromatic heterocycles. The quantitative estimate of drug-likeness (QED) is 0.594. The van der Waals surface area contributed by atoms with Crippen molar-refractivity contribution in [2.45, 2.75) is 38.6 Å². The van der Waals surface area contributed by atoms with Gasteiger partial charge in [0.05, 0.1) is 5.56 Å². The minimum absolute atomic E-state index is 0.0343. The van der Waals surface area contributed by atoms with Gasteiger partial charge in [0.25, 0.3) is 5.91 Å². The van der Waals surface area contributed by atoms with E-state index in [0.29, 0.717) is 17.4 Å². The zero-order chi connectivity index (χ0) is 13.0. The van der Waals surface area contributed by atoms with Gasteiger partial charge in [-0.1, -0.05) is 13.3 Å². The van der Waals surface area contributed by atoms with Gasteiger partial charge in [-0.15, -0.1) is 0 Å². The van der Waals surface area contributed by atoms with Gasteiger partial charge in [0.15, 0.2) is 5.82 Å². The number of nitrogen functional groups attached to an aromatic ring is 1. The number of pyridine rings is 1. The number of nitrogens with one attached hydrogen (secondary N) is 1. The van der Waals surface area contributed by atoms with Crippen molar-refractivity contribution in [3.63, 3.8) is 0 Å².